The van der Waals surface area contributed by atoms with E-state index < -0.39 is 11.8 Å². The largest absolute Gasteiger partial charge is 0.332 e. The average Bonchev–Trinajstić information content (AvgIpc) is 3.12. The lowest BCUT2D eigenvalue weighted by atomic mass is 10.2. The van der Waals surface area contributed by atoms with Crippen LogP contribution in [-0.2, 0) is 6.54 Å². The zero-order valence-electron chi connectivity index (χ0n) is 15.3. The van der Waals surface area contributed by atoms with Crippen LogP contribution in [0.3, 0.4) is 0 Å². The van der Waals surface area contributed by atoms with Crippen LogP contribution < -0.4 is 16.2 Å². The second-order valence-corrected chi connectivity index (χ2v) is 7.33. The van der Waals surface area contributed by atoms with Gasteiger partial charge < -0.3 is 10.6 Å². The van der Waals surface area contributed by atoms with Crippen molar-refractivity contribution in [2.45, 2.75) is 13.5 Å². The SMILES string of the molecule is Cc1ccc(-c2nn3c(=O)cc(CNC(=O)Nc4cccc(F)c4)nc3s2)cc1. The number of aryl methyl sites for hydroxylation is 1. The highest BCUT2D eigenvalue weighted by Gasteiger charge is 2.11. The van der Waals surface area contributed by atoms with Gasteiger partial charge in [-0.2, -0.15) is 9.61 Å². The van der Waals surface area contributed by atoms with E-state index in [2.05, 4.69) is 20.7 Å². The van der Waals surface area contributed by atoms with Crippen molar-refractivity contribution < 1.29 is 9.18 Å². The molecule has 0 spiro atoms. The van der Waals surface area contributed by atoms with Crippen LogP contribution in [0.25, 0.3) is 15.5 Å². The first-order valence-corrected chi connectivity index (χ1v) is 9.57. The minimum Gasteiger partial charge on any atom is -0.332 e. The third-order valence-electron chi connectivity index (χ3n) is 4.11. The fourth-order valence-electron chi connectivity index (χ4n) is 2.67. The van der Waals surface area contributed by atoms with Crippen LogP contribution in [0.5, 0.6) is 0 Å². The van der Waals surface area contributed by atoms with Crippen LogP contribution >= 0.6 is 11.3 Å². The summed E-state index contributed by atoms with van der Waals surface area (Å²) in [6.07, 6.45) is 0. The lowest BCUT2D eigenvalue weighted by molar-refractivity contribution is 0.251. The van der Waals surface area contributed by atoms with Gasteiger partial charge in [0.2, 0.25) is 4.96 Å². The predicted molar refractivity (Wildman–Crippen MR) is 110 cm³/mol. The molecule has 0 fully saturated rings. The standard InChI is InChI=1S/C20H16FN5O2S/c1-12-5-7-13(8-6-12)18-25-26-17(27)10-16(24-20(26)29-18)11-22-19(28)23-15-4-2-3-14(21)9-15/h2-10H,11H2,1H3,(H2,22,23,28). The molecule has 2 aromatic carbocycles. The second kappa shape index (κ2) is 7.80. The molecule has 9 heteroatoms. The van der Waals surface area contributed by atoms with E-state index in [0.29, 0.717) is 21.3 Å². The van der Waals surface area contributed by atoms with E-state index in [1.807, 2.05) is 31.2 Å². The molecule has 0 atom stereocenters. The molecule has 2 heterocycles. The second-order valence-electron chi connectivity index (χ2n) is 6.37. The van der Waals surface area contributed by atoms with Crippen molar-refractivity contribution in [3.05, 3.63) is 82.0 Å². The van der Waals surface area contributed by atoms with Gasteiger partial charge in [0, 0.05) is 17.3 Å². The van der Waals surface area contributed by atoms with Gasteiger partial charge in [-0.3, -0.25) is 4.79 Å². The Kier molecular flexibility index (Phi) is 5.05. The molecule has 0 aliphatic rings. The Labute approximate surface area is 168 Å². The summed E-state index contributed by atoms with van der Waals surface area (Å²) in [5.41, 5.74) is 2.45. The monoisotopic (exact) mass is 409 g/mol. The third-order valence-corrected chi connectivity index (χ3v) is 5.07. The molecule has 0 saturated carbocycles. The maximum Gasteiger partial charge on any atom is 0.319 e. The van der Waals surface area contributed by atoms with Crippen molar-refractivity contribution in [1.29, 1.82) is 0 Å². The molecule has 7 nitrogen and oxygen atoms in total. The summed E-state index contributed by atoms with van der Waals surface area (Å²) in [5.74, 6) is -0.447. The highest BCUT2D eigenvalue weighted by molar-refractivity contribution is 7.19. The molecule has 146 valence electrons. The highest BCUT2D eigenvalue weighted by Crippen LogP contribution is 2.24. The summed E-state index contributed by atoms with van der Waals surface area (Å²) >= 11 is 1.29. The Morgan fingerprint density at radius 1 is 1.17 bits per heavy atom. The zero-order chi connectivity index (χ0) is 20.4. The highest BCUT2D eigenvalue weighted by atomic mass is 32.1. The molecule has 4 rings (SSSR count). The normalized spacial score (nSPS) is 10.8. The molecule has 2 N–H and O–H groups in total. The summed E-state index contributed by atoms with van der Waals surface area (Å²) in [4.78, 5) is 29.2. The molecule has 4 aromatic rings. The maximum absolute atomic E-state index is 13.2. The van der Waals surface area contributed by atoms with Crippen molar-refractivity contribution in [2.75, 3.05) is 5.32 Å². The van der Waals surface area contributed by atoms with Gasteiger partial charge in [-0.1, -0.05) is 47.2 Å². The first kappa shape index (κ1) is 18.8. The number of halogens is 1. The summed E-state index contributed by atoms with van der Waals surface area (Å²) in [6, 6.07) is 14.2. The fraction of sp³-hybridized carbons (Fsp3) is 0.100. The number of carbonyl (C=O) groups is 1. The number of carbonyl (C=O) groups excluding carboxylic acids is 1. The van der Waals surface area contributed by atoms with Gasteiger partial charge in [0.05, 0.1) is 12.2 Å². The van der Waals surface area contributed by atoms with Crippen molar-refractivity contribution in [3.63, 3.8) is 0 Å². The van der Waals surface area contributed by atoms with E-state index in [1.165, 1.54) is 40.1 Å². The first-order chi connectivity index (χ1) is 14.0. The molecular formula is C20H16FN5O2S. The number of aromatic nitrogens is 3. The van der Waals surface area contributed by atoms with E-state index >= 15 is 0 Å². The number of anilines is 1. The van der Waals surface area contributed by atoms with Crippen LogP contribution in [-0.4, -0.2) is 20.6 Å². The Hall–Kier alpha value is -3.59. The van der Waals surface area contributed by atoms with Gasteiger partial charge >= 0.3 is 6.03 Å². The Morgan fingerprint density at radius 2 is 1.97 bits per heavy atom. The molecule has 2 amide bonds. The first-order valence-electron chi connectivity index (χ1n) is 8.75. The Bertz CT molecular complexity index is 1250. The number of urea groups is 1. The lowest BCUT2D eigenvalue weighted by Crippen LogP contribution is -2.29. The molecule has 0 aliphatic carbocycles. The van der Waals surface area contributed by atoms with Gasteiger partial charge in [-0.15, -0.1) is 0 Å². The number of amides is 2. The number of rotatable bonds is 4. The number of hydrogen-bond acceptors (Lipinski definition) is 5. The summed E-state index contributed by atoms with van der Waals surface area (Å²) in [6.45, 7) is 2.04. The van der Waals surface area contributed by atoms with Gasteiger partial charge in [0.25, 0.3) is 5.56 Å². The number of fused-ring (bicyclic) bond motifs is 1. The van der Waals surface area contributed by atoms with Crippen molar-refractivity contribution in [3.8, 4) is 10.6 Å². The average molecular weight is 409 g/mol. The van der Waals surface area contributed by atoms with E-state index in [4.69, 9.17) is 0 Å². The van der Waals surface area contributed by atoms with Crippen LogP contribution in [0.4, 0.5) is 14.9 Å². The molecule has 0 unspecified atom stereocenters. The number of benzene rings is 2. The number of nitrogens with one attached hydrogen (secondary N) is 2. The summed E-state index contributed by atoms with van der Waals surface area (Å²) < 4.78 is 14.4. The molecule has 0 bridgehead atoms. The fourth-order valence-corrected chi connectivity index (χ4v) is 3.60. The molecule has 29 heavy (non-hydrogen) atoms. The van der Waals surface area contributed by atoms with E-state index in [-0.39, 0.29) is 12.1 Å². The topological polar surface area (TPSA) is 88.4 Å². The minimum absolute atomic E-state index is 0.0463. The predicted octanol–water partition coefficient (Wildman–Crippen LogP) is 3.59. The molecular weight excluding hydrogens is 393 g/mol. The van der Waals surface area contributed by atoms with Gasteiger partial charge in [-0.05, 0) is 25.1 Å². The van der Waals surface area contributed by atoms with Gasteiger partial charge in [0.1, 0.15) is 10.8 Å². The summed E-state index contributed by atoms with van der Waals surface area (Å²) in [7, 11) is 0. The van der Waals surface area contributed by atoms with E-state index in [1.54, 1.807) is 6.07 Å². The smallest absolute Gasteiger partial charge is 0.319 e. The maximum atomic E-state index is 13.2. The molecule has 2 aromatic heterocycles. The van der Waals surface area contributed by atoms with Crippen LogP contribution in [0.1, 0.15) is 11.3 Å². The molecule has 0 saturated heterocycles. The molecule has 0 radical (unpaired) electrons. The van der Waals surface area contributed by atoms with E-state index in [9.17, 15) is 14.0 Å². The van der Waals surface area contributed by atoms with Crippen LogP contribution in [0, 0.1) is 12.7 Å². The van der Waals surface area contributed by atoms with Crippen LogP contribution in [0.15, 0.2) is 59.4 Å². The lowest BCUT2D eigenvalue weighted by Gasteiger charge is -2.07. The minimum atomic E-state index is -0.526. The van der Waals surface area contributed by atoms with Crippen LogP contribution in [0.2, 0.25) is 0 Å². The van der Waals surface area contributed by atoms with Gasteiger partial charge in [-0.25, -0.2) is 14.2 Å². The Morgan fingerprint density at radius 3 is 2.72 bits per heavy atom. The van der Waals surface area contributed by atoms with Crippen molar-refractivity contribution in [1.82, 2.24) is 19.9 Å². The van der Waals surface area contributed by atoms with E-state index in [0.717, 1.165) is 11.1 Å². The quantitative estimate of drug-likeness (QED) is 0.539. The summed E-state index contributed by atoms with van der Waals surface area (Å²) in [5, 5.41) is 10.2. The third kappa shape index (κ3) is 4.30. The molecule has 0 aliphatic heterocycles. The Balaban J connectivity index is 1.50. The number of nitrogens with zero attached hydrogens (tertiary/aromatic N) is 3. The van der Waals surface area contributed by atoms with Gasteiger partial charge in [0.15, 0.2) is 0 Å². The number of hydrogen-bond donors (Lipinski definition) is 2. The zero-order valence-corrected chi connectivity index (χ0v) is 16.2. The van der Waals surface area contributed by atoms with Crippen molar-refractivity contribution in [2.24, 2.45) is 0 Å². The van der Waals surface area contributed by atoms with Crippen molar-refractivity contribution >= 4 is 28.0 Å².